The van der Waals surface area contributed by atoms with Gasteiger partial charge in [0, 0.05) is 28.5 Å². The van der Waals surface area contributed by atoms with E-state index < -0.39 is 0 Å². The van der Waals surface area contributed by atoms with Crippen molar-refractivity contribution in [1.82, 2.24) is 25.0 Å². The van der Waals surface area contributed by atoms with Crippen molar-refractivity contribution in [2.24, 2.45) is 0 Å². The summed E-state index contributed by atoms with van der Waals surface area (Å²) in [6, 6.07) is 8.73. The minimum atomic E-state index is 0.723. The van der Waals surface area contributed by atoms with Gasteiger partial charge in [0.15, 0.2) is 0 Å². The van der Waals surface area contributed by atoms with E-state index in [0.717, 1.165) is 28.1 Å². The standard InChI is InChI=1S/C17H12BrN5S/c18-15-5-12(7-24-15)16-14-4-11-2-1-10(6-23-9-19-8-20-23)3-13(11)17(14)22-21-16/h1-3,5,7-9H,4,6H2,(H,21,22). The summed E-state index contributed by atoms with van der Waals surface area (Å²) in [5.74, 6) is 0. The van der Waals surface area contributed by atoms with E-state index in [1.165, 1.54) is 27.8 Å². The Morgan fingerprint density at radius 3 is 3.04 bits per heavy atom. The van der Waals surface area contributed by atoms with Crippen molar-refractivity contribution in [3.8, 4) is 22.5 Å². The van der Waals surface area contributed by atoms with Crippen LogP contribution < -0.4 is 0 Å². The molecule has 0 aliphatic heterocycles. The summed E-state index contributed by atoms with van der Waals surface area (Å²) < 4.78 is 2.96. The number of benzene rings is 1. The fraction of sp³-hybridized carbons (Fsp3) is 0.118. The fourth-order valence-electron chi connectivity index (χ4n) is 3.23. The molecule has 0 saturated heterocycles. The average Bonchev–Trinajstić information content (AvgIpc) is 3.32. The second-order valence-corrected chi connectivity index (χ2v) is 8.12. The van der Waals surface area contributed by atoms with E-state index in [-0.39, 0.29) is 0 Å². The Kier molecular flexibility index (Phi) is 3.17. The Labute approximate surface area is 150 Å². The normalized spacial score (nSPS) is 12.4. The molecule has 1 aliphatic carbocycles. The molecule has 1 aliphatic rings. The van der Waals surface area contributed by atoms with E-state index in [1.807, 2.05) is 4.68 Å². The zero-order valence-corrected chi connectivity index (χ0v) is 14.9. The third-order valence-electron chi connectivity index (χ3n) is 4.33. The summed E-state index contributed by atoms with van der Waals surface area (Å²) in [5, 5.41) is 14.1. The van der Waals surface area contributed by atoms with Crippen molar-refractivity contribution >= 4 is 27.3 Å². The van der Waals surface area contributed by atoms with Crippen LogP contribution in [-0.4, -0.2) is 25.0 Å². The number of halogens is 1. The van der Waals surface area contributed by atoms with Crippen LogP contribution in [0.3, 0.4) is 0 Å². The number of rotatable bonds is 3. The predicted octanol–water partition coefficient (Wildman–Crippen LogP) is 4.11. The van der Waals surface area contributed by atoms with Gasteiger partial charge in [-0.2, -0.15) is 10.2 Å². The molecule has 0 atom stereocenters. The van der Waals surface area contributed by atoms with Crippen LogP contribution in [0.15, 0.2) is 46.1 Å². The highest BCUT2D eigenvalue weighted by Gasteiger charge is 2.25. The molecule has 0 radical (unpaired) electrons. The van der Waals surface area contributed by atoms with Crippen molar-refractivity contribution in [3.05, 3.63) is 62.8 Å². The molecule has 5 nitrogen and oxygen atoms in total. The Balaban J connectivity index is 1.54. The van der Waals surface area contributed by atoms with Gasteiger partial charge in [-0.05, 0) is 39.2 Å². The second-order valence-electron chi connectivity index (χ2n) is 5.83. The Bertz CT molecular complexity index is 1030. The van der Waals surface area contributed by atoms with Crippen LogP contribution in [0.1, 0.15) is 16.7 Å². The topological polar surface area (TPSA) is 59.4 Å². The third kappa shape index (κ3) is 2.23. The van der Waals surface area contributed by atoms with Crippen LogP contribution >= 0.6 is 27.3 Å². The number of hydrogen-bond donors (Lipinski definition) is 1. The van der Waals surface area contributed by atoms with E-state index in [0.29, 0.717) is 0 Å². The lowest BCUT2D eigenvalue weighted by atomic mass is 10.1. The van der Waals surface area contributed by atoms with E-state index in [9.17, 15) is 0 Å². The molecule has 0 fully saturated rings. The third-order valence-corrected chi connectivity index (χ3v) is 5.83. The summed E-state index contributed by atoms with van der Waals surface area (Å²) in [6.45, 7) is 0.723. The van der Waals surface area contributed by atoms with Gasteiger partial charge in [0.2, 0.25) is 0 Å². The van der Waals surface area contributed by atoms with Crippen LogP contribution in [0.4, 0.5) is 0 Å². The van der Waals surface area contributed by atoms with Crippen LogP contribution in [0.2, 0.25) is 0 Å². The summed E-state index contributed by atoms with van der Waals surface area (Å²) >= 11 is 5.22. The maximum atomic E-state index is 4.56. The number of fused-ring (bicyclic) bond motifs is 3. The first kappa shape index (κ1) is 14.1. The number of aromatic amines is 1. The quantitative estimate of drug-likeness (QED) is 0.498. The van der Waals surface area contributed by atoms with Gasteiger partial charge in [0.05, 0.1) is 21.7 Å². The van der Waals surface area contributed by atoms with Crippen molar-refractivity contribution in [2.45, 2.75) is 13.0 Å². The smallest absolute Gasteiger partial charge is 0.137 e. The molecule has 0 amide bonds. The van der Waals surface area contributed by atoms with Crippen LogP contribution in [0, 0.1) is 0 Å². The van der Waals surface area contributed by atoms with Crippen molar-refractivity contribution < 1.29 is 0 Å². The molecular formula is C17H12BrN5S. The molecule has 7 heteroatoms. The minimum absolute atomic E-state index is 0.723. The first-order valence-corrected chi connectivity index (χ1v) is 9.21. The number of aromatic nitrogens is 5. The van der Waals surface area contributed by atoms with E-state index in [4.69, 9.17) is 0 Å². The van der Waals surface area contributed by atoms with Gasteiger partial charge < -0.3 is 0 Å². The highest BCUT2D eigenvalue weighted by molar-refractivity contribution is 9.11. The lowest BCUT2D eigenvalue weighted by Gasteiger charge is -2.05. The zero-order chi connectivity index (χ0) is 16.1. The summed E-state index contributed by atoms with van der Waals surface area (Å²) in [7, 11) is 0. The molecule has 5 rings (SSSR count). The first-order valence-electron chi connectivity index (χ1n) is 7.54. The summed E-state index contributed by atoms with van der Waals surface area (Å²) in [6.07, 6.45) is 4.22. The molecule has 0 bridgehead atoms. The highest BCUT2D eigenvalue weighted by Crippen LogP contribution is 2.41. The van der Waals surface area contributed by atoms with Gasteiger partial charge in [-0.3, -0.25) is 5.10 Å². The molecule has 0 saturated carbocycles. The minimum Gasteiger partial charge on any atom is -0.277 e. The number of H-pyrrole nitrogens is 1. The van der Waals surface area contributed by atoms with Crippen LogP contribution in [-0.2, 0) is 13.0 Å². The van der Waals surface area contributed by atoms with Crippen molar-refractivity contribution in [2.75, 3.05) is 0 Å². The van der Waals surface area contributed by atoms with Gasteiger partial charge in [0.25, 0.3) is 0 Å². The molecule has 1 N–H and O–H groups in total. The van der Waals surface area contributed by atoms with Gasteiger partial charge in [-0.15, -0.1) is 11.3 Å². The predicted molar refractivity (Wildman–Crippen MR) is 97.0 cm³/mol. The Hall–Kier alpha value is -2.25. The number of hydrogen-bond acceptors (Lipinski definition) is 4. The molecule has 4 aromatic rings. The van der Waals surface area contributed by atoms with Gasteiger partial charge in [0.1, 0.15) is 12.7 Å². The molecule has 1 aromatic carbocycles. The highest BCUT2D eigenvalue weighted by atomic mass is 79.9. The lowest BCUT2D eigenvalue weighted by molar-refractivity contribution is 0.685. The largest absolute Gasteiger partial charge is 0.277 e. The van der Waals surface area contributed by atoms with Crippen LogP contribution in [0.5, 0.6) is 0 Å². The number of nitrogens with zero attached hydrogens (tertiary/aromatic N) is 4. The molecule has 0 unspecified atom stereocenters. The molecule has 118 valence electrons. The van der Waals surface area contributed by atoms with Crippen molar-refractivity contribution in [1.29, 1.82) is 0 Å². The van der Waals surface area contributed by atoms with E-state index in [2.05, 4.69) is 65.9 Å². The van der Waals surface area contributed by atoms with Crippen LogP contribution in [0.25, 0.3) is 22.5 Å². The van der Waals surface area contributed by atoms with Crippen molar-refractivity contribution in [3.63, 3.8) is 0 Å². The lowest BCUT2D eigenvalue weighted by Crippen LogP contribution is -2.00. The van der Waals surface area contributed by atoms with E-state index >= 15 is 0 Å². The van der Waals surface area contributed by atoms with Gasteiger partial charge >= 0.3 is 0 Å². The SMILES string of the molecule is Brc1cc(-c2n[nH]c3c2Cc2ccc(Cn4cncn4)cc2-3)cs1. The molecule has 3 aromatic heterocycles. The number of thiophene rings is 1. The molecular weight excluding hydrogens is 386 g/mol. The summed E-state index contributed by atoms with van der Waals surface area (Å²) in [5.41, 5.74) is 8.45. The maximum absolute atomic E-state index is 4.56. The molecule has 0 spiro atoms. The Morgan fingerprint density at radius 1 is 1.29 bits per heavy atom. The average molecular weight is 398 g/mol. The van der Waals surface area contributed by atoms with E-state index in [1.54, 1.807) is 24.0 Å². The Morgan fingerprint density at radius 2 is 2.25 bits per heavy atom. The monoisotopic (exact) mass is 397 g/mol. The maximum Gasteiger partial charge on any atom is 0.137 e. The van der Waals surface area contributed by atoms with Gasteiger partial charge in [-0.1, -0.05) is 12.1 Å². The van der Waals surface area contributed by atoms with Gasteiger partial charge in [-0.25, -0.2) is 9.67 Å². The first-order chi connectivity index (χ1) is 11.8. The molecule has 3 heterocycles. The second kappa shape index (κ2) is 5.39. The molecule has 24 heavy (non-hydrogen) atoms. The number of nitrogens with one attached hydrogen (secondary N) is 1. The zero-order valence-electron chi connectivity index (χ0n) is 12.5. The summed E-state index contributed by atoms with van der Waals surface area (Å²) in [4.78, 5) is 4.00. The fourth-order valence-corrected chi connectivity index (χ4v) is 4.38.